The van der Waals surface area contributed by atoms with Gasteiger partial charge < -0.3 is 9.80 Å². The Bertz CT molecular complexity index is 740. The monoisotopic (exact) mass is 355 g/mol. The highest BCUT2D eigenvalue weighted by Crippen LogP contribution is 2.39. The van der Waals surface area contributed by atoms with Crippen molar-refractivity contribution in [2.24, 2.45) is 11.8 Å². The van der Waals surface area contributed by atoms with E-state index in [1.165, 1.54) is 0 Å². The maximum absolute atomic E-state index is 12.6. The fraction of sp³-hybridized carbons (Fsp3) is 0.667. The van der Waals surface area contributed by atoms with Crippen molar-refractivity contribution in [3.8, 4) is 6.07 Å². The van der Waals surface area contributed by atoms with Crippen LogP contribution in [0.1, 0.15) is 37.6 Å². The van der Waals surface area contributed by atoms with Gasteiger partial charge in [-0.25, -0.2) is 9.97 Å². The first-order chi connectivity index (χ1) is 12.6. The number of carbonyl (C=O) groups excluding carboxylic acids is 1. The third-order valence-electron chi connectivity index (χ3n) is 5.76. The molecule has 1 amide bonds. The summed E-state index contributed by atoms with van der Waals surface area (Å²) in [6.45, 7) is 7.93. The number of aromatic nitrogens is 2. The lowest BCUT2D eigenvalue weighted by atomic mass is 10.0. The molecule has 3 fully saturated rings. The first-order valence-electron chi connectivity index (χ1n) is 9.36. The van der Waals surface area contributed by atoms with Crippen LogP contribution in [0.15, 0.2) is 6.20 Å². The van der Waals surface area contributed by atoms with Crippen LogP contribution < -0.4 is 15.8 Å². The predicted molar refractivity (Wildman–Crippen MR) is 96.2 cm³/mol. The summed E-state index contributed by atoms with van der Waals surface area (Å²) in [7, 11) is 0. The Morgan fingerprint density at radius 1 is 1.31 bits per heavy atom. The molecule has 3 aliphatic rings. The number of carbonyl (C=O) groups is 1. The second-order valence-electron chi connectivity index (χ2n) is 7.68. The Hall–Kier alpha value is -2.24. The van der Waals surface area contributed by atoms with Gasteiger partial charge in [-0.05, 0) is 19.3 Å². The highest BCUT2D eigenvalue weighted by atomic mass is 16.2. The zero-order valence-corrected chi connectivity index (χ0v) is 15.3. The molecule has 3 heterocycles. The molecule has 1 aromatic heterocycles. The van der Waals surface area contributed by atoms with E-state index in [9.17, 15) is 10.1 Å². The number of nitrogens with zero attached hydrogens (tertiary/aromatic N) is 5. The maximum Gasteiger partial charge on any atom is 0.226 e. The third-order valence-corrected chi connectivity index (χ3v) is 5.76. The molecule has 1 aliphatic carbocycles. The zero-order chi connectivity index (χ0) is 18.3. The molecule has 0 aromatic carbocycles. The number of hydrazine groups is 1. The Morgan fingerprint density at radius 3 is 2.65 bits per heavy atom. The highest BCUT2D eigenvalue weighted by Gasteiger charge is 2.43. The molecule has 1 saturated carbocycles. The molecule has 0 bridgehead atoms. The van der Waals surface area contributed by atoms with Crippen molar-refractivity contribution in [2.75, 3.05) is 37.6 Å². The topological polar surface area (TPSA) is 97.2 Å². The molecule has 4 rings (SSSR count). The molecule has 2 aliphatic heterocycles. The lowest BCUT2D eigenvalue weighted by Crippen LogP contribution is -2.54. The Morgan fingerprint density at radius 2 is 2.04 bits per heavy atom. The van der Waals surface area contributed by atoms with Crippen molar-refractivity contribution < 1.29 is 4.79 Å². The minimum atomic E-state index is 0.147. The van der Waals surface area contributed by atoms with Gasteiger partial charge in [0.15, 0.2) is 5.69 Å². The quantitative estimate of drug-likeness (QED) is 0.801. The van der Waals surface area contributed by atoms with Crippen LogP contribution >= 0.6 is 0 Å². The summed E-state index contributed by atoms with van der Waals surface area (Å²) in [6, 6.07) is 2.31. The van der Waals surface area contributed by atoms with Crippen LogP contribution in [0.5, 0.6) is 0 Å². The molecule has 2 saturated heterocycles. The molecular weight excluding hydrogens is 330 g/mol. The van der Waals surface area contributed by atoms with Gasteiger partial charge >= 0.3 is 0 Å². The van der Waals surface area contributed by atoms with Gasteiger partial charge in [-0.1, -0.05) is 6.92 Å². The van der Waals surface area contributed by atoms with Gasteiger partial charge in [0.2, 0.25) is 5.91 Å². The summed E-state index contributed by atoms with van der Waals surface area (Å²) < 4.78 is 0. The number of nitriles is 1. The number of hydrogen-bond donors (Lipinski definition) is 2. The largest absolute Gasteiger partial charge is 0.352 e. The normalized spacial score (nSPS) is 28.9. The van der Waals surface area contributed by atoms with E-state index in [1.54, 1.807) is 6.20 Å². The van der Waals surface area contributed by atoms with E-state index in [0.29, 0.717) is 24.1 Å². The van der Waals surface area contributed by atoms with Gasteiger partial charge in [-0.15, -0.1) is 0 Å². The molecule has 0 spiro atoms. The minimum absolute atomic E-state index is 0.147. The molecular formula is C18H25N7O. The SMILES string of the molecule is C[C@@H]1C[C@H]1C(=O)N1CCN(c2cnc(C#N)c(C3CNNC3)n2)C[C@H]1C. The molecule has 0 unspecified atom stereocenters. The molecule has 1 aromatic rings. The average molecular weight is 355 g/mol. The Balaban J connectivity index is 1.49. The summed E-state index contributed by atoms with van der Waals surface area (Å²) >= 11 is 0. The van der Waals surface area contributed by atoms with Crippen LogP contribution in [-0.2, 0) is 4.79 Å². The number of rotatable bonds is 3. The highest BCUT2D eigenvalue weighted by molar-refractivity contribution is 5.82. The van der Waals surface area contributed by atoms with Crippen LogP contribution in [0.4, 0.5) is 5.82 Å². The van der Waals surface area contributed by atoms with E-state index >= 15 is 0 Å². The minimum Gasteiger partial charge on any atom is -0.352 e. The van der Waals surface area contributed by atoms with E-state index in [-0.39, 0.29) is 17.9 Å². The fourth-order valence-corrected chi connectivity index (χ4v) is 3.95. The summed E-state index contributed by atoms with van der Waals surface area (Å²) in [5.74, 6) is 2.01. The Kier molecular flexibility index (Phi) is 4.51. The van der Waals surface area contributed by atoms with E-state index < -0.39 is 0 Å². The van der Waals surface area contributed by atoms with Crippen molar-refractivity contribution in [2.45, 2.75) is 32.2 Å². The molecule has 2 N–H and O–H groups in total. The summed E-state index contributed by atoms with van der Waals surface area (Å²) in [5.41, 5.74) is 7.31. The van der Waals surface area contributed by atoms with Gasteiger partial charge in [0.05, 0.1) is 11.9 Å². The molecule has 26 heavy (non-hydrogen) atoms. The number of piperazine rings is 1. The molecule has 8 heteroatoms. The van der Waals surface area contributed by atoms with Gasteiger partial charge in [0.1, 0.15) is 11.9 Å². The average Bonchev–Trinajstić information content (AvgIpc) is 3.15. The molecule has 8 nitrogen and oxygen atoms in total. The first kappa shape index (κ1) is 17.2. The fourth-order valence-electron chi connectivity index (χ4n) is 3.95. The van der Waals surface area contributed by atoms with Crippen LogP contribution in [0.25, 0.3) is 0 Å². The molecule has 138 valence electrons. The van der Waals surface area contributed by atoms with E-state index in [1.807, 2.05) is 4.90 Å². The van der Waals surface area contributed by atoms with Gasteiger partial charge in [-0.3, -0.25) is 15.6 Å². The predicted octanol–water partition coefficient (Wildman–Crippen LogP) is 0.233. The second-order valence-corrected chi connectivity index (χ2v) is 7.68. The number of hydrogen-bond acceptors (Lipinski definition) is 7. The lowest BCUT2D eigenvalue weighted by molar-refractivity contribution is -0.135. The van der Waals surface area contributed by atoms with E-state index in [0.717, 1.165) is 44.1 Å². The van der Waals surface area contributed by atoms with Crippen LogP contribution in [0.2, 0.25) is 0 Å². The summed E-state index contributed by atoms with van der Waals surface area (Å²) in [4.78, 5) is 25.9. The van der Waals surface area contributed by atoms with Crippen molar-refractivity contribution in [1.29, 1.82) is 5.26 Å². The Labute approximate surface area is 153 Å². The van der Waals surface area contributed by atoms with Crippen LogP contribution in [-0.4, -0.2) is 59.5 Å². The first-order valence-corrected chi connectivity index (χ1v) is 9.36. The van der Waals surface area contributed by atoms with Crippen LogP contribution in [0, 0.1) is 23.2 Å². The maximum atomic E-state index is 12.6. The zero-order valence-electron chi connectivity index (χ0n) is 15.3. The van der Waals surface area contributed by atoms with E-state index in [4.69, 9.17) is 4.98 Å². The number of anilines is 1. The third kappa shape index (κ3) is 3.13. The number of amides is 1. The lowest BCUT2D eigenvalue weighted by Gasteiger charge is -2.40. The van der Waals surface area contributed by atoms with Crippen molar-refractivity contribution in [1.82, 2.24) is 25.7 Å². The molecule has 3 atom stereocenters. The van der Waals surface area contributed by atoms with Gasteiger partial charge in [-0.2, -0.15) is 5.26 Å². The van der Waals surface area contributed by atoms with Gasteiger partial charge in [0.25, 0.3) is 0 Å². The summed E-state index contributed by atoms with van der Waals surface area (Å²) in [5, 5.41) is 9.35. The summed E-state index contributed by atoms with van der Waals surface area (Å²) in [6.07, 6.45) is 2.71. The standard InChI is InChI=1S/C18H25N7O/c1-11-5-14(11)18(26)25-4-3-24(10-12(25)2)16-9-20-15(6-19)17(23-16)13-7-21-22-8-13/h9,11-14,21-22H,3-5,7-8,10H2,1-2H3/t11-,12-,14-/m1/s1. The van der Waals surface area contributed by atoms with Crippen LogP contribution in [0.3, 0.4) is 0 Å². The van der Waals surface area contributed by atoms with Crippen molar-refractivity contribution in [3.05, 3.63) is 17.6 Å². The van der Waals surface area contributed by atoms with Crippen molar-refractivity contribution in [3.63, 3.8) is 0 Å². The van der Waals surface area contributed by atoms with E-state index in [2.05, 4.69) is 40.7 Å². The number of nitrogens with one attached hydrogen (secondary N) is 2. The van der Waals surface area contributed by atoms with Gasteiger partial charge in [0, 0.05) is 50.6 Å². The van der Waals surface area contributed by atoms with Crippen molar-refractivity contribution >= 4 is 11.7 Å². The second kappa shape index (κ2) is 6.82. The smallest absolute Gasteiger partial charge is 0.226 e. The molecule has 0 radical (unpaired) electrons.